The van der Waals surface area contributed by atoms with Crippen LogP contribution >= 0.6 is 0 Å². The first kappa shape index (κ1) is 13.8. The van der Waals surface area contributed by atoms with E-state index in [1.165, 1.54) is 56.1 Å². The molecule has 2 N–H and O–H groups in total. The molecule has 2 bridgehead atoms. The van der Waals surface area contributed by atoms with Gasteiger partial charge < -0.3 is 10.6 Å². The zero-order chi connectivity index (χ0) is 14.4. The van der Waals surface area contributed by atoms with Crippen LogP contribution in [0.3, 0.4) is 0 Å². The van der Waals surface area contributed by atoms with Crippen molar-refractivity contribution < 1.29 is 0 Å². The average molecular weight is 284 g/mol. The zero-order valence-corrected chi connectivity index (χ0v) is 13.2. The van der Waals surface area contributed by atoms with Gasteiger partial charge in [0.2, 0.25) is 0 Å². The van der Waals surface area contributed by atoms with Gasteiger partial charge in [0.25, 0.3) is 0 Å². The van der Waals surface area contributed by atoms with Gasteiger partial charge in [-0.1, -0.05) is 30.7 Å². The molecule has 1 aliphatic carbocycles. The third kappa shape index (κ3) is 2.43. The topological polar surface area (TPSA) is 29.3 Å². The highest BCUT2D eigenvalue weighted by Crippen LogP contribution is 2.42. The van der Waals surface area contributed by atoms with Gasteiger partial charge in [0.05, 0.1) is 0 Å². The molecule has 1 aromatic carbocycles. The number of benzene rings is 1. The summed E-state index contributed by atoms with van der Waals surface area (Å²) in [6.45, 7) is 0. The second kappa shape index (κ2) is 5.40. The first-order valence-electron chi connectivity index (χ1n) is 8.79. The van der Waals surface area contributed by atoms with E-state index in [2.05, 4.69) is 36.2 Å². The van der Waals surface area contributed by atoms with Crippen molar-refractivity contribution in [3.63, 3.8) is 0 Å². The molecular formula is C19H28N2. The Morgan fingerprint density at radius 1 is 1.10 bits per heavy atom. The van der Waals surface area contributed by atoms with Crippen molar-refractivity contribution in [1.29, 1.82) is 0 Å². The highest BCUT2D eigenvalue weighted by molar-refractivity contribution is 5.30. The molecule has 1 aromatic rings. The molecule has 2 aliphatic heterocycles. The normalized spacial score (nSPS) is 34.7. The lowest BCUT2D eigenvalue weighted by molar-refractivity contribution is 0.121. The molecule has 21 heavy (non-hydrogen) atoms. The SMILES string of the molecule is CN1C2CCC1CC(C(N)c1cccc(C3CCC3)c1)C2. The Labute approximate surface area is 128 Å². The van der Waals surface area contributed by atoms with Gasteiger partial charge in [0, 0.05) is 18.1 Å². The standard InChI is InChI=1S/C19H28N2/c1-21-17-8-9-18(21)12-16(11-17)19(20)15-7-3-6-14(10-15)13-4-2-5-13/h3,6-7,10,13,16-19H,2,4-5,8-9,11-12,20H2,1H3. The highest BCUT2D eigenvalue weighted by atomic mass is 15.2. The molecule has 3 unspecified atom stereocenters. The van der Waals surface area contributed by atoms with Crippen molar-refractivity contribution >= 4 is 0 Å². The summed E-state index contributed by atoms with van der Waals surface area (Å²) in [5.41, 5.74) is 9.59. The quantitative estimate of drug-likeness (QED) is 0.914. The Bertz CT molecular complexity index is 494. The third-order valence-electron chi connectivity index (χ3n) is 6.51. The fraction of sp³-hybridized carbons (Fsp3) is 0.684. The van der Waals surface area contributed by atoms with Crippen molar-refractivity contribution in [2.75, 3.05) is 7.05 Å². The van der Waals surface area contributed by atoms with E-state index in [4.69, 9.17) is 5.73 Å². The van der Waals surface area contributed by atoms with Crippen LogP contribution in [0.4, 0.5) is 0 Å². The first-order chi connectivity index (χ1) is 10.2. The largest absolute Gasteiger partial charge is 0.324 e. The fourth-order valence-corrected chi connectivity index (χ4v) is 4.78. The van der Waals surface area contributed by atoms with E-state index in [0.29, 0.717) is 5.92 Å². The van der Waals surface area contributed by atoms with E-state index in [1.807, 2.05) is 0 Å². The number of nitrogens with two attached hydrogens (primary N) is 1. The Kier molecular flexibility index (Phi) is 3.55. The molecule has 2 heterocycles. The summed E-state index contributed by atoms with van der Waals surface area (Å²) < 4.78 is 0. The maximum Gasteiger partial charge on any atom is 0.0324 e. The van der Waals surface area contributed by atoms with Crippen molar-refractivity contribution in [3.8, 4) is 0 Å². The number of fused-ring (bicyclic) bond motifs is 2. The van der Waals surface area contributed by atoms with Gasteiger partial charge in [-0.3, -0.25) is 0 Å². The number of hydrogen-bond donors (Lipinski definition) is 1. The molecule has 2 saturated heterocycles. The second-order valence-corrected chi connectivity index (χ2v) is 7.61. The Morgan fingerprint density at radius 2 is 1.81 bits per heavy atom. The summed E-state index contributed by atoms with van der Waals surface area (Å²) in [7, 11) is 2.31. The Morgan fingerprint density at radius 3 is 2.43 bits per heavy atom. The molecule has 0 spiro atoms. The summed E-state index contributed by atoms with van der Waals surface area (Å²) in [5, 5.41) is 0. The van der Waals surface area contributed by atoms with Gasteiger partial charge in [-0.25, -0.2) is 0 Å². The molecule has 0 aromatic heterocycles. The summed E-state index contributed by atoms with van der Waals surface area (Å²) in [6.07, 6.45) is 9.50. The molecule has 3 aliphatic rings. The van der Waals surface area contributed by atoms with E-state index in [1.54, 1.807) is 0 Å². The lowest BCUT2D eigenvalue weighted by Gasteiger charge is -2.39. The Hall–Kier alpha value is -0.860. The molecular weight excluding hydrogens is 256 g/mol. The van der Waals surface area contributed by atoms with Crippen LogP contribution in [-0.4, -0.2) is 24.0 Å². The van der Waals surface area contributed by atoms with E-state index < -0.39 is 0 Å². The number of piperidine rings is 1. The predicted octanol–water partition coefficient (Wildman–Crippen LogP) is 3.83. The monoisotopic (exact) mass is 284 g/mol. The van der Waals surface area contributed by atoms with E-state index in [0.717, 1.165) is 18.0 Å². The molecule has 2 heteroatoms. The first-order valence-corrected chi connectivity index (χ1v) is 8.79. The lowest BCUT2D eigenvalue weighted by Crippen LogP contribution is -2.42. The molecule has 3 atom stereocenters. The summed E-state index contributed by atoms with van der Waals surface area (Å²) in [6, 6.07) is 11.0. The van der Waals surface area contributed by atoms with Gasteiger partial charge in [-0.05, 0) is 68.5 Å². The average Bonchev–Trinajstić information content (AvgIpc) is 2.66. The van der Waals surface area contributed by atoms with Crippen LogP contribution in [-0.2, 0) is 0 Å². The van der Waals surface area contributed by atoms with Gasteiger partial charge >= 0.3 is 0 Å². The van der Waals surface area contributed by atoms with Crippen molar-refractivity contribution in [2.24, 2.45) is 11.7 Å². The van der Waals surface area contributed by atoms with E-state index >= 15 is 0 Å². The van der Waals surface area contributed by atoms with Crippen LogP contribution in [0.5, 0.6) is 0 Å². The van der Waals surface area contributed by atoms with Crippen LogP contribution in [0, 0.1) is 5.92 Å². The van der Waals surface area contributed by atoms with Crippen molar-refractivity contribution in [1.82, 2.24) is 4.90 Å². The summed E-state index contributed by atoms with van der Waals surface area (Å²) in [4.78, 5) is 2.61. The molecule has 114 valence electrons. The van der Waals surface area contributed by atoms with Gasteiger partial charge in [-0.15, -0.1) is 0 Å². The molecule has 1 saturated carbocycles. The maximum absolute atomic E-state index is 6.68. The van der Waals surface area contributed by atoms with Crippen LogP contribution in [0.25, 0.3) is 0 Å². The number of rotatable bonds is 3. The third-order valence-corrected chi connectivity index (χ3v) is 6.51. The molecule has 3 fully saturated rings. The second-order valence-electron chi connectivity index (χ2n) is 7.61. The van der Waals surface area contributed by atoms with Crippen LogP contribution in [0.15, 0.2) is 24.3 Å². The van der Waals surface area contributed by atoms with Gasteiger partial charge in [-0.2, -0.15) is 0 Å². The lowest BCUT2D eigenvalue weighted by atomic mass is 9.78. The maximum atomic E-state index is 6.68. The number of nitrogens with zero attached hydrogens (tertiary/aromatic N) is 1. The molecule has 0 amide bonds. The van der Waals surface area contributed by atoms with Crippen molar-refractivity contribution in [3.05, 3.63) is 35.4 Å². The Balaban J connectivity index is 1.51. The zero-order valence-electron chi connectivity index (χ0n) is 13.2. The summed E-state index contributed by atoms with van der Waals surface area (Å²) in [5.74, 6) is 1.49. The van der Waals surface area contributed by atoms with E-state index in [-0.39, 0.29) is 6.04 Å². The minimum Gasteiger partial charge on any atom is -0.324 e. The minimum absolute atomic E-state index is 0.238. The predicted molar refractivity (Wildman–Crippen MR) is 87.3 cm³/mol. The molecule has 0 radical (unpaired) electrons. The fourth-order valence-electron chi connectivity index (χ4n) is 4.78. The van der Waals surface area contributed by atoms with Gasteiger partial charge in [0.15, 0.2) is 0 Å². The smallest absolute Gasteiger partial charge is 0.0324 e. The van der Waals surface area contributed by atoms with Gasteiger partial charge in [0.1, 0.15) is 0 Å². The van der Waals surface area contributed by atoms with Crippen LogP contribution < -0.4 is 5.73 Å². The highest BCUT2D eigenvalue weighted by Gasteiger charge is 2.40. The number of hydrogen-bond acceptors (Lipinski definition) is 2. The van der Waals surface area contributed by atoms with E-state index in [9.17, 15) is 0 Å². The van der Waals surface area contributed by atoms with Crippen LogP contribution in [0.1, 0.15) is 68.0 Å². The molecule has 2 nitrogen and oxygen atoms in total. The van der Waals surface area contributed by atoms with Crippen LogP contribution in [0.2, 0.25) is 0 Å². The van der Waals surface area contributed by atoms with Crippen molar-refractivity contribution in [2.45, 2.75) is 69.0 Å². The minimum atomic E-state index is 0.238. The summed E-state index contributed by atoms with van der Waals surface area (Å²) >= 11 is 0. The molecule has 4 rings (SSSR count).